The van der Waals surface area contributed by atoms with E-state index in [1.165, 1.54) is 0 Å². The summed E-state index contributed by atoms with van der Waals surface area (Å²) in [5.74, 6) is 2.38. The van der Waals surface area contributed by atoms with E-state index in [-0.39, 0.29) is 0 Å². The third-order valence-electron chi connectivity index (χ3n) is 1.58. The van der Waals surface area contributed by atoms with Crippen molar-refractivity contribution in [3.8, 4) is 12.3 Å². The molecule has 0 saturated carbocycles. The molecule has 0 unspecified atom stereocenters. The van der Waals surface area contributed by atoms with E-state index in [0.717, 1.165) is 0 Å². The van der Waals surface area contributed by atoms with Gasteiger partial charge in [0.2, 0.25) is 0 Å². The number of hydrogen-bond donors (Lipinski definition) is 1. The second-order valence-electron chi connectivity index (χ2n) is 2.45. The van der Waals surface area contributed by atoms with E-state index in [9.17, 15) is 5.11 Å². The molecule has 0 bridgehead atoms. The standard InChI is InChI=1S/C10H9ClO/c1-2-5-10(12)8-6-3-4-7-9(8)11/h1,3-4,6-7,10,12H,5H2/t10-/m0/s1. The highest BCUT2D eigenvalue weighted by Gasteiger charge is 2.08. The number of rotatable bonds is 2. The summed E-state index contributed by atoms with van der Waals surface area (Å²) in [4.78, 5) is 0. The van der Waals surface area contributed by atoms with Gasteiger partial charge in [-0.3, -0.25) is 0 Å². The van der Waals surface area contributed by atoms with Crippen molar-refractivity contribution in [3.63, 3.8) is 0 Å². The van der Waals surface area contributed by atoms with Gasteiger partial charge in [-0.05, 0) is 6.07 Å². The second-order valence-corrected chi connectivity index (χ2v) is 2.85. The van der Waals surface area contributed by atoms with E-state index < -0.39 is 6.10 Å². The van der Waals surface area contributed by atoms with Crippen molar-refractivity contribution >= 4 is 11.6 Å². The number of aliphatic hydroxyl groups excluding tert-OH is 1. The van der Waals surface area contributed by atoms with Crippen molar-refractivity contribution in [2.24, 2.45) is 0 Å². The number of terminal acetylenes is 1. The van der Waals surface area contributed by atoms with Crippen molar-refractivity contribution in [1.29, 1.82) is 0 Å². The summed E-state index contributed by atoms with van der Waals surface area (Å²) in [7, 11) is 0. The average Bonchev–Trinajstić information content (AvgIpc) is 2.05. The minimum atomic E-state index is -0.649. The molecule has 0 fully saturated rings. The van der Waals surface area contributed by atoms with Gasteiger partial charge in [0.05, 0.1) is 6.10 Å². The third kappa shape index (κ3) is 2.01. The van der Waals surface area contributed by atoms with Gasteiger partial charge >= 0.3 is 0 Å². The molecule has 1 atom stereocenters. The minimum absolute atomic E-state index is 0.295. The Morgan fingerprint density at radius 3 is 2.75 bits per heavy atom. The largest absolute Gasteiger partial charge is 0.387 e. The predicted molar refractivity (Wildman–Crippen MR) is 49.9 cm³/mol. The first-order valence-electron chi connectivity index (χ1n) is 3.61. The van der Waals surface area contributed by atoms with Gasteiger partial charge < -0.3 is 5.11 Å². The monoisotopic (exact) mass is 180 g/mol. The van der Waals surface area contributed by atoms with E-state index in [2.05, 4.69) is 5.92 Å². The Hall–Kier alpha value is -0.970. The Morgan fingerprint density at radius 1 is 1.50 bits per heavy atom. The summed E-state index contributed by atoms with van der Waals surface area (Å²) in [6.07, 6.45) is 4.71. The van der Waals surface area contributed by atoms with Crippen molar-refractivity contribution in [3.05, 3.63) is 34.9 Å². The molecule has 0 aliphatic carbocycles. The third-order valence-corrected chi connectivity index (χ3v) is 1.92. The Labute approximate surface area is 77.0 Å². The number of hydrogen-bond acceptors (Lipinski definition) is 1. The van der Waals surface area contributed by atoms with Gasteiger partial charge in [0.1, 0.15) is 0 Å². The second kappa shape index (κ2) is 4.15. The molecule has 1 N–H and O–H groups in total. The highest BCUT2D eigenvalue weighted by atomic mass is 35.5. The summed E-state index contributed by atoms with van der Waals surface area (Å²) >= 11 is 5.83. The molecule has 1 nitrogen and oxygen atoms in total. The van der Waals surface area contributed by atoms with Crippen LogP contribution in [0.25, 0.3) is 0 Å². The molecule has 0 radical (unpaired) electrons. The first-order valence-corrected chi connectivity index (χ1v) is 3.99. The SMILES string of the molecule is C#CC[C@H](O)c1ccccc1Cl. The molecule has 0 spiro atoms. The quantitative estimate of drug-likeness (QED) is 0.693. The Bertz CT molecular complexity index is 301. The van der Waals surface area contributed by atoms with Gasteiger partial charge in [-0.15, -0.1) is 12.3 Å². The Balaban J connectivity index is 2.88. The molecule has 0 amide bonds. The van der Waals surface area contributed by atoms with Crippen LogP contribution in [0.1, 0.15) is 18.1 Å². The zero-order chi connectivity index (χ0) is 8.97. The number of benzene rings is 1. The van der Waals surface area contributed by atoms with Crippen LogP contribution in [0.2, 0.25) is 5.02 Å². The van der Waals surface area contributed by atoms with Gasteiger partial charge in [-0.25, -0.2) is 0 Å². The fourth-order valence-corrected chi connectivity index (χ4v) is 1.23. The first-order chi connectivity index (χ1) is 5.75. The molecular weight excluding hydrogens is 172 g/mol. The number of aliphatic hydroxyl groups is 1. The minimum Gasteiger partial charge on any atom is -0.387 e. The van der Waals surface area contributed by atoms with E-state index in [4.69, 9.17) is 18.0 Å². The Kier molecular flexibility index (Phi) is 3.16. The summed E-state index contributed by atoms with van der Waals surface area (Å²) in [5, 5.41) is 10.0. The molecular formula is C10H9ClO. The van der Waals surface area contributed by atoms with Crippen molar-refractivity contribution in [1.82, 2.24) is 0 Å². The zero-order valence-corrected chi connectivity index (χ0v) is 7.25. The fourth-order valence-electron chi connectivity index (χ4n) is 0.967. The van der Waals surface area contributed by atoms with Crippen molar-refractivity contribution < 1.29 is 5.11 Å². The highest BCUT2D eigenvalue weighted by Crippen LogP contribution is 2.23. The average molecular weight is 181 g/mol. The molecule has 0 aliphatic rings. The summed E-state index contributed by atoms with van der Waals surface area (Å²) < 4.78 is 0. The van der Waals surface area contributed by atoms with Gasteiger partial charge in [-0.1, -0.05) is 29.8 Å². The predicted octanol–water partition coefficient (Wildman–Crippen LogP) is 2.40. The fraction of sp³-hybridized carbons (Fsp3) is 0.200. The van der Waals surface area contributed by atoms with Crippen LogP contribution in [0.4, 0.5) is 0 Å². The van der Waals surface area contributed by atoms with E-state index in [0.29, 0.717) is 17.0 Å². The van der Waals surface area contributed by atoms with Crippen LogP contribution < -0.4 is 0 Å². The lowest BCUT2D eigenvalue weighted by Crippen LogP contribution is -1.96. The molecule has 62 valence electrons. The molecule has 2 heteroatoms. The van der Waals surface area contributed by atoms with Crippen LogP contribution in [0, 0.1) is 12.3 Å². The van der Waals surface area contributed by atoms with Crippen LogP contribution in [0.15, 0.2) is 24.3 Å². The van der Waals surface area contributed by atoms with Crippen molar-refractivity contribution in [2.45, 2.75) is 12.5 Å². The van der Waals surface area contributed by atoms with Crippen LogP contribution in [-0.2, 0) is 0 Å². The Morgan fingerprint density at radius 2 is 2.17 bits per heavy atom. The molecule has 0 heterocycles. The number of halogens is 1. The van der Waals surface area contributed by atoms with Crippen LogP contribution in [0.3, 0.4) is 0 Å². The molecule has 0 aromatic heterocycles. The summed E-state index contributed by atoms with van der Waals surface area (Å²) in [5.41, 5.74) is 0.692. The highest BCUT2D eigenvalue weighted by molar-refractivity contribution is 6.31. The lowest BCUT2D eigenvalue weighted by Gasteiger charge is -2.08. The molecule has 0 saturated heterocycles. The lowest BCUT2D eigenvalue weighted by atomic mass is 10.1. The molecule has 12 heavy (non-hydrogen) atoms. The van der Waals surface area contributed by atoms with Crippen LogP contribution >= 0.6 is 11.6 Å². The van der Waals surface area contributed by atoms with Crippen molar-refractivity contribution in [2.75, 3.05) is 0 Å². The zero-order valence-electron chi connectivity index (χ0n) is 6.50. The topological polar surface area (TPSA) is 20.2 Å². The van der Waals surface area contributed by atoms with E-state index in [1.54, 1.807) is 12.1 Å². The van der Waals surface area contributed by atoms with Crippen LogP contribution in [-0.4, -0.2) is 5.11 Å². The molecule has 1 aromatic rings. The summed E-state index contributed by atoms with van der Waals surface area (Å²) in [6.45, 7) is 0. The van der Waals surface area contributed by atoms with E-state index >= 15 is 0 Å². The van der Waals surface area contributed by atoms with Crippen LogP contribution in [0.5, 0.6) is 0 Å². The van der Waals surface area contributed by atoms with Gasteiger partial charge in [0.15, 0.2) is 0 Å². The van der Waals surface area contributed by atoms with E-state index in [1.807, 2.05) is 12.1 Å². The maximum absolute atomic E-state index is 9.47. The van der Waals surface area contributed by atoms with Gasteiger partial charge in [0, 0.05) is 17.0 Å². The van der Waals surface area contributed by atoms with Gasteiger partial charge in [-0.2, -0.15) is 0 Å². The summed E-state index contributed by atoms with van der Waals surface area (Å²) in [6, 6.07) is 7.14. The first kappa shape index (κ1) is 9.12. The molecule has 1 aromatic carbocycles. The smallest absolute Gasteiger partial charge is 0.0913 e. The normalized spacial score (nSPS) is 12.1. The lowest BCUT2D eigenvalue weighted by molar-refractivity contribution is 0.184. The molecule has 1 rings (SSSR count). The van der Waals surface area contributed by atoms with Gasteiger partial charge in [0.25, 0.3) is 0 Å². The maximum atomic E-state index is 9.47. The molecule has 0 aliphatic heterocycles. The maximum Gasteiger partial charge on any atom is 0.0913 e.